The normalized spacial score (nSPS) is 37.4. The Morgan fingerprint density at radius 3 is 2.39 bits per heavy atom. The molecule has 2 bridgehead atoms. The molecule has 1 N–H and O–H groups in total. The van der Waals surface area contributed by atoms with Crippen molar-refractivity contribution in [3.8, 4) is 0 Å². The highest BCUT2D eigenvalue weighted by molar-refractivity contribution is 5.77. The van der Waals surface area contributed by atoms with E-state index in [1.807, 2.05) is 0 Å². The number of carbonyl (C=O) groups excluding carboxylic acids is 1. The van der Waals surface area contributed by atoms with E-state index in [1.165, 1.54) is 45.2 Å². The Morgan fingerprint density at radius 1 is 1.00 bits per heavy atom. The smallest absolute Gasteiger partial charge is 0.222 e. The zero-order valence-corrected chi connectivity index (χ0v) is 14.0. The molecular weight excluding hydrogens is 324 g/mol. The van der Waals surface area contributed by atoms with Crippen LogP contribution in [0.4, 0.5) is 0 Å². The molecule has 4 rings (SSSR count). The van der Waals surface area contributed by atoms with E-state index in [2.05, 4.69) is 9.80 Å². The van der Waals surface area contributed by atoms with Gasteiger partial charge in [0.25, 0.3) is 0 Å². The van der Waals surface area contributed by atoms with Crippen molar-refractivity contribution in [3.63, 3.8) is 0 Å². The summed E-state index contributed by atoms with van der Waals surface area (Å²) in [5.74, 6) is 2.01. The molecule has 4 fully saturated rings. The van der Waals surface area contributed by atoms with Gasteiger partial charge in [0.15, 0.2) is 0 Å². The van der Waals surface area contributed by atoms with Gasteiger partial charge in [0.05, 0.1) is 14.9 Å². The molecule has 0 aromatic heterocycles. The average molecular weight is 349 g/mol. The lowest BCUT2D eigenvalue weighted by molar-refractivity contribution is -1.92. The molecule has 23 heavy (non-hydrogen) atoms. The summed E-state index contributed by atoms with van der Waals surface area (Å²) < 4.78 is 32.7. The summed E-state index contributed by atoms with van der Waals surface area (Å²) in [5.41, 5.74) is 0. The number of piperidine rings is 4. The molecule has 4 heterocycles. The molecule has 8 heteroatoms. The number of nitrogens with zero attached hydrogens (tertiary/aromatic N) is 2. The molecule has 0 aliphatic carbocycles. The first kappa shape index (κ1) is 17.4. The minimum absolute atomic E-state index is 0.449. The zero-order chi connectivity index (χ0) is 16.6. The van der Waals surface area contributed by atoms with E-state index in [1.54, 1.807) is 0 Å². The van der Waals surface area contributed by atoms with Crippen LogP contribution in [0.25, 0.3) is 0 Å². The van der Waals surface area contributed by atoms with E-state index in [9.17, 15) is 4.79 Å². The molecule has 4 atom stereocenters. The number of carbonyl (C=O) groups is 1. The van der Waals surface area contributed by atoms with Crippen molar-refractivity contribution < 1.29 is 33.7 Å². The van der Waals surface area contributed by atoms with E-state index in [0.29, 0.717) is 11.9 Å². The predicted molar refractivity (Wildman–Crippen MR) is 72.4 cm³/mol. The minimum Gasteiger partial charge on any atom is -0.339 e. The third-order valence-electron chi connectivity index (χ3n) is 5.87. The fourth-order valence-corrected chi connectivity index (χ4v) is 5.10. The molecule has 0 aromatic carbocycles. The summed E-state index contributed by atoms with van der Waals surface area (Å²) in [4.78, 5) is 17.2. The number of hydrogen-bond acceptors (Lipinski definition) is 6. The van der Waals surface area contributed by atoms with E-state index in [-0.39, 0.29) is 0 Å². The number of amides is 1. The molecule has 132 valence electrons. The number of halogens is 1. The van der Waals surface area contributed by atoms with Crippen LogP contribution in [0.3, 0.4) is 0 Å². The minimum atomic E-state index is -4.69. The van der Waals surface area contributed by atoms with E-state index in [0.717, 1.165) is 37.3 Å². The van der Waals surface area contributed by atoms with Crippen molar-refractivity contribution in [1.82, 2.24) is 9.80 Å². The monoisotopic (exact) mass is 348 g/mol. The van der Waals surface area contributed by atoms with Gasteiger partial charge in [0.2, 0.25) is 5.91 Å². The van der Waals surface area contributed by atoms with Crippen molar-refractivity contribution in [2.75, 3.05) is 19.6 Å². The summed E-state index contributed by atoms with van der Waals surface area (Å²) in [6, 6.07) is 1.39. The predicted octanol–water partition coefficient (Wildman–Crippen LogP) is -2.25. The van der Waals surface area contributed by atoms with Crippen molar-refractivity contribution >= 4 is 5.91 Å². The highest BCUT2D eigenvalue weighted by atomic mass is 35.7. The molecule has 4 aliphatic rings. The molecule has 1 amide bonds. The Morgan fingerprint density at radius 2 is 1.65 bits per heavy atom. The van der Waals surface area contributed by atoms with Gasteiger partial charge in [0, 0.05) is 31.6 Å². The van der Waals surface area contributed by atoms with Crippen LogP contribution < -0.4 is 14.0 Å². The van der Waals surface area contributed by atoms with Crippen molar-refractivity contribution in [3.05, 3.63) is 0 Å². The molecule has 7 nitrogen and oxygen atoms in total. The highest BCUT2D eigenvalue weighted by Gasteiger charge is 2.47. The summed E-state index contributed by atoms with van der Waals surface area (Å²) in [6.45, 7) is 3.66. The summed E-state index contributed by atoms with van der Waals surface area (Å²) >= 11 is 0. The molecule has 0 saturated carbocycles. The van der Waals surface area contributed by atoms with Crippen LogP contribution in [0.5, 0.6) is 0 Å². The Labute approximate surface area is 138 Å². The maximum Gasteiger partial charge on any atom is 0.222 e. The summed E-state index contributed by atoms with van der Waals surface area (Å²) in [7, 11) is -4.69. The lowest BCUT2D eigenvalue weighted by Crippen LogP contribution is -2.64. The Bertz CT molecular complexity index is 438. The van der Waals surface area contributed by atoms with Crippen molar-refractivity contribution in [2.45, 2.75) is 57.0 Å². The maximum absolute atomic E-state index is 12.1. The SMILES string of the molecule is O=C1CCC[C@H]2[C@H]3C[C@@H](CN12)[C@H]1CCCCN1C3.[O-][Cl+3]([O-])([O-])O. The van der Waals surface area contributed by atoms with Gasteiger partial charge in [0.1, 0.15) is 0 Å². The first-order valence-electron chi connectivity index (χ1n) is 8.49. The molecular formula is C15H25ClN2O5. The van der Waals surface area contributed by atoms with Crippen molar-refractivity contribution in [2.24, 2.45) is 11.8 Å². The number of rotatable bonds is 0. The summed E-state index contributed by atoms with van der Waals surface area (Å²) in [6.07, 6.45) is 8.78. The standard InChI is InChI=1S/C15H24N2O.ClHO4/c18-15-6-3-5-14-11-8-12(10-17(14)15)13-4-1-2-7-16(13)9-11;2-1(3,4)5/h11-14H,1-10H2;(H,2,3,4,5)/t11-,12-,13+,14-;/m0./s1. The van der Waals surface area contributed by atoms with Gasteiger partial charge in [-0.25, -0.2) is 0 Å². The van der Waals surface area contributed by atoms with E-state index < -0.39 is 10.2 Å². The second-order valence-electron chi connectivity index (χ2n) is 7.22. The van der Waals surface area contributed by atoms with Crippen LogP contribution in [0.15, 0.2) is 0 Å². The second-order valence-corrected chi connectivity index (χ2v) is 8.01. The second kappa shape index (κ2) is 6.82. The molecule has 0 spiro atoms. The third kappa shape index (κ3) is 4.15. The quantitative estimate of drug-likeness (QED) is 0.529. The van der Waals surface area contributed by atoms with Gasteiger partial charge in [-0.2, -0.15) is 14.0 Å². The molecule has 0 unspecified atom stereocenters. The lowest BCUT2D eigenvalue weighted by atomic mass is 9.71. The van der Waals surface area contributed by atoms with Crippen LogP contribution in [0.2, 0.25) is 0 Å². The molecule has 4 aliphatic heterocycles. The number of fused-ring (bicyclic) bond motifs is 6. The fourth-order valence-electron chi connectivity index (χ4n) is 5.10. The topological polar surface area (TPSA) is 113 Å². The highest BCUT2D eigenvalue weighted by Crippen LogP contribution is 2.42. The Hall–Kier alpha value is -0.440. The largest absolute Gasteiger partial charge is 0.339 e. The van der Waals surface area contributed by atoms with Crippen LogP contribution in [-0.2, 0) is 4.79 Å². The van der Waals surface area contributed by atoms with E-state index in [4.69, 9.17) is 18.6 Å². The van der Waals surface area contributed by atoms with Crippen molar-refractivity contribution in [1.29, 1.82) is 0 Å². The van der Waals surface area contributed by atoms with Crippen LogP contribution in [0.1, 0.15) is 44.9 Å². The van der Waals surface area contributed by atoms with Gasteiger partial charge in [-0.1, -0.05) is 6.42 Å². The van der Waals surface area contributed by atoms with Crippen LogP contribution in [0, 0.1) is 22.1 Å². The first-order chi connectivity index (χ1) is 10.8. The third-order valence-corrected chi connectivity index (χ3v) is 5.87. The van der Waals surface area contributed by atoms with Gasteiger partial charge >= 0.3 is 0 Å². The van der Waals surface area contributed by atoms with Gasteiger partial charge < -0.3 is 4.90 Å². The molecule has 4 saturated heterocycles. The van der Waals surface area contributed by atoms with Gasteiger partial charge in [-0.3, -0.25) is 9.69 Å². The molecule has 0 radical (unpaired) electrons. The molecule has 0 aromatic rings. The van der Waals surface area contributed by atoms with Gasteiger partial charge in [-0.15, -0.1) is 0 Å². The average Bonchev–Trinajstić information content (AvgIpc) is 2.47. The summed E-state index contributed by atoms with van der Waals surface area (Å²) in [5, 5.41) is 0. The Balaban J connectivity index is 0.000000276. The maximum atomic E-state index is 12.1. The van der Waals surface area contributed by atoms with E-state index >= 15 is 0 Å². The van der Waals surface area contributed by atoms with Crippen LogP contribution >= 0.6 is 0 Å². The van der Waals surface area contributed by atoms with Crippen LogP contribution in [-0.4, -0.2) is 52.1 Å². The first-order valence-corrected chi connectivity index (χ1v) is 9.76. The zero-order valence-electron chi connectivity index (χ0n) is 13.2. The number of hydrogen-bond donors (Lipinski definition) is 1. The Kier molecular flexibility index (Phi) is 5.15. The van der Waals surface area contributed by atoms with Gasteiger partial charge in [-0.05, 0) is 50.5 Å². The lowest BCUT2D eigenvalue weighted by Gasteiger charge is -2.56. The fraction of sp³-hybridized carbons (Fsp3) is 0.933.